The van der Waals surface area contributed by atoms with Crippen LogP contribution in [0.1, 0.15) is 26.2 Å². The SMILES string of the molecule is CC(=O)N(CC(=O)N1CCCCC1)c1ccccc1Oc1ccccc1. The molecule has 0 aromatic heterocycles. The summed E-state index contributed by atoms with van der Waals surface area (Å²) in [6.07, 6.45) is 3.22. The molecule has 2 amide bonds. The van der Waals surface area contributed by atoms with E-state index in [0.29, 0.717) is 17.2 Å². The van der Waals surface area contributed by atoms with Crippen molar-refractivity contribution in [1.29, 1.82) is 0 Å². The standard InChI is InChI=1S/C21H24N2O3/c1-17(24)23(16-21(25)22-14-8-3-9-15-22)19-12-6-7-13-20(19)26-18-10-4-2-5-11-18/h2,4-7,10-13H,3,8-9,14-16H2,1H3. The van der Waals surface area contributed by atoms with Crippen LogP contribution in [0.15, 0.2) is 54.6 Å². The van der Waals surface area contributed by atoms with Gasteiger partial charge in [0.2, 0.25) is 11.8 Å². The van der Waals surface area contributed by atoms with Crippen molar-refractivity contribution in [3.63, 3.8) is 0 Å². The lowest BCUT2D eigenvalue weighted by Crippen LogP contribution is -2.44. The van der Waals surface area contributed by atoms with Gasteiger partial charge in [-0.25, -0.2) is 0 Å². The maximum Gasteiger partial charge on any atom is 0.242 e. The Balaban J connectivity index is 1.81. The van der Waals surface area contributed by atoms with Crippen LogP contribution in [0, 0.1) is 0 Å². The first-order chi connectivity index (χ1) is 12.6. The molecule has 0 spiro atoms. The van der Waals surface area contributed by atoms with E-state index in [9.17, 15) is 9.59 Å². The predicted octanol–water partition coefficient (Wildman–Crippen LogP) is 3.84. The summed E-state index contributed by atoms with van der Waals surface area (Å²) in [5.41, 5.74) is 0.606. The van der Waals surface area contributed by atoms with Gasteiger partial charge in [-0.1, -0.05) is 30.3 Å². The van der Waals surface area contributed by atoms with E-state index < -0.39 is 0 Å². The fourth-order valence-electron chi connectivity index (χ4n) is 3.13. The van der Waals surface area contributed by atoms with Crippen molar-refractivity contribution in [2.24, 2.45) is 0 Å². The third kappa shape index (κ3) is 4.42. The van der Waals surface area contributed by atoms with Crippen LogP contribution in [0.25, 0.3) is 0 Å². The van der Waals surface area contributed by atoms with Gasteiger partial charge in [0.25, 0.3) is 0 Å². The minimum Gasteiger partial charge on any atom is -0.455 e. The smallest absolute Gasteiger partial charge is 0.242 e. The minimum atomic E-state index is -0.181. The van der Waals surface area contributed by atoms with Crippen molar-refractivity contribution in [2.75, 3.05) is 24.5 Å². The lowest BCUT2D eigenvalue weighted by Gasteiger charge is -2.30. The average molecular weight is 352 g/mol. The van der Waals surface area contributed by atoms with Crippen molar-refractivity contribution in [1.82, 2.24) is 4.90 Å². The van der Waals surface area contributed by atoms with E-state index >= 15 is 0 Å². The normalized spacial score (nSPS) is 14.0. The molecule has 1 aliphatic rings. The maximum absolute atomic E-state index is 12.6. The molecule has 5 heteroatoms. The van der Waals surface area contributed by atoms with Crippen LogP contribution in [0.3, 0.4) is 0 Å². The lowest BCUT2D eigenvalue weighted by atomic mass is 10.1. The first-order valence-electron chi connectivity index (χ1n) is 9.03. The second-order valence-corrected chi connectivity index (χ2v) is 6.43. The molecule has 136 valence electrons. The Bertz CT molecular complexity index is 755. The molecular weight excluding hydrogens is 328 g/mol. The second kappa shape index (κ2) is 8.52. The molecule has 1 aliphatic heterocycles. The Morgan fingerprint density at radius 1 is 0.962 bits per heavy atom. The molecular formula is C21H24N2O3. The number of para-hydroxylation sites is 3. The Morgan fingerprint density at radius 2 is 1.62 bits per heavy atom. The molecule has 1 fully saturated rings. The highest BCUT2D eigenvalue weighted by Gasteiger charge is 2.23. The highest BCUT2D eigenvalue weighted by Crippen LogP contribution is 2.32. The first-order valence-corrected chi connectivity index (χ1v) is 9.03. The maximum atomic E-state index is 12.6. The van der Waals surface area contributed by atoms with E-state index in [1.807, 2.05) is 59.5 Å². The molecule has 3 rings (SSSR count). The summed E-state index contributed by atoms with van der Waals surface area (Å²) in [4.78, 5) is 28.3. The summed E-state index contributed by atoms with van der Waals surface area (Å²) in [7, 11) is 0. The van der Waals surface area contributed by atoms with Crippen molar-refractivity contribution < 1.29 is 14.3 Å². The van der Waals surface area contributed by atoms with Gasteiger partial charge in [-0.05, 0) is 43.5 Å². The van der Waals surface area contributed by atoms with Gasteiger partial charge in [0, 0.05) is 20.0 Å². The van der Waals surface area contributed by atoms with Gasteiger partial charge in [-0.3, -0.25) is 14.5 Å². The highest BCUT2D eigenvalue weighted by atomic mass is 16.5. The van der Waals surface area contributed by atoms with E-state index in [1.165, 1.54) is 11.8 Å². The Morgan fingerprint density at radius 3 is 2.31 bits per heavy atom. The fourth-order valence-corrected chi connectivity index (χ4v) is 3.13. The number of nitrogens with zero attached hydrogens (tertiary/aromatic N) is 2. The van der Waals surface area contributed by atoms with E-state index in [4.69, 9.17) is 4.74 Å². The number of amides is 2. The molecule has 0 saturated carbocycles. The zero-order valence-electron chi connectivity index (χ0n) is 15.1. The molecule has 2 aromatic carbocycles. The monoisotopic (exact) mass is 352 g/mol. The quantitative estimate of drug-likeness (QED) is 0.821. The summed E-state index contributed by atoms with van der Waals surface area (Å²) in [6.45, 7) is 3.05. The summed E-state index contributed by atoms with van der Waals surface area (Å²) in [5.74, 6) is 1.04. The molecule has 0 aliphatic carbocycles. The van der Waals surface area contributed by atoms with E-state index in [2.05, 4.69) is 0 Å². The molecule has 0 unspecified atom stereocenters. The zero-order chi connectivity index (χ0) is 18.4. The largest absolute Gasteiger partial charge is 0.455 e. The van der Waals surface area contributed by atoms with Gasteiger partial charge in [-0.15, -0.1) is 0 Å². The Labute approximate surface area is 154 Å². The molecule has 26 heavy (non-hydrogen) atoms. The van der Waals surface area contributed by atoms with Gasteiger partial charge in [0.05, 0.1) is 5.69 Å². The van der Waals surface area contributed by atoms with E-state index in [-0.39, 0.29) is 18.4 Å². The molecule has 1 saturated heterocycles. The molecule has 0 atom stereocenters. The molecule has 0 N–H and O–H groups in total. The molecule has 0 radical (unpaired) electrons. The minimum absolute atomic E-state index is 0.0191. The van der Waals surface area contributed by atoms with Crippen LogP contribution in [0.4, 0.5) is 5.69 Å². The number of benzene rings is 2. The van der Waals surface area contributed by atoms with Gasteiger partial charge >= 0.3 is 0 Å². The number of carbonyl (C=O) groups excluding carboxylic acids is 2. The summed E-state index contributed by atoms with van der Waals surface area (Å²) >= 11 is 0. The Hall–Kier alpha value is -2.82. The van der Waals surface area contributed by atoms with Crippen LogP contribution in [-0.2, 0) is 9.59 Å². The fraction of sp³-hybridized carbons (Fsp3) is 0.333. The number of hydrogen-bond acceptors (Lipinski definition) is 3. The van der Waals surface area contributed by atoms with E-state index in [0.717, 1.165) is 32.4 Å². The first kappa shape index (κ1) is 18.0. The number of ether oxygens (including phenoxy) is 1. The molecule has 1 heterocycles. The topological polar surface area (TPSA) is 49.9 Å². The van der Waals surface area contributed by atoms with Crippen LogP contribution >= 0.6 is 0 Å². The number of piperidine rings is 1. The number of anilines is 1. The average Bonchev–Trinajstić information content (AvgIpc) is 2.68. The van der Waals surface area contributed by atoms with Crippen LogP contribution in [-0.4, -0.2) is 36.3 Å². The molecule has 0 bridgehead atoms. The van der Waals surface area contributed by atoms with E-state index in [1.54, 1.807) is 0 Å². The third-order valence-corrected chi connectivity index (χ3v) is 4.51. The number of likely N-dealkylation sites (tertiary alicyclic amines) is 1. The van der Waals surface area contributed by atoms with Crippen LogP contribution < -0.4 is 9.64 Å². The second-order valence-electron chi connectivity index (χ2n) is 6.43. The van der Waals surface area contributed by atoms with Crippen LogP contribution in [0.2, 0.25) is 0 Å². The van der Waals surface area contributed by atoms with Crippen LogP contribution in [0.5, 0.6) is 11.5 Å². The zero-order valence-corrected chi connectivity index (χ0v) is 15.1. The highest BCUT2D eigenvalue weighted by molar-refractivity contribution is 5.98. The van der Waals surface area contributed by atoms with Crippen molar-refractivity contribution in [3.05, 3.63) is 54.6 Å². The van der Waals surface area contributed by atoms with Crippen molar-refractivity contribution >= 4 is 17.5 Å². The van der Waals surface area contributed by atoms with Crippen molar-refractivity contribution in [2.45, 2.75) is 26.2 Å². The summed E-state index contributed by atoms with van der Waals surface area (Å²) in [6, 6.07) is 16.7. The van der Waals surface area contributed by atoms with Gasteiger partial charge in [0.15, 0.2) is 5.75 Å². The Kier molecular flexibility index (Phi) is 5.89. The van der Waals surface area contributed by atoms with Gasteiger partial charge in [0.1, 0.15) is 12.3 Å². The predicted molar refractivity (Wildman–Crippen MR) is 101 cm³/mol. The van der Waals surface area contributed by atoms with Gasteiger partial charge in [-0.2, -0.15) is 0 Å². The molecule has 2 aromatic rings. The van der Waals surface area contributed by atoms with Crippen molar-refractivity contribution in [3.8, 4) is 11.5 Å². The lowest BCUT2D eigenvalue weighted by molar-refractivity contribution is -0.132. The number of hydrogen-bond donors (Lipinski definition) is 0. The molecule has 5 nitrogen and oxygen atoms in total. The number of carbonyl (C=O) groups is 2. The summed E-state index contributed by atoms with van der Waals surface area (Å²) in [5, 5.41) is 0. The summed E-state index contributed by atoms with van der Waals surface area (Å²) < 4.78 is 5.95. The van der Waals surface area contributed by atoms with Gasteiger partial charge < -0.3 is 9.64 Å². The third-order valence-electron chi connectivity index (χ3n) is 4.51. The number of rotatable bonds is 5.